The summed E-state index contributed by atoms with van der Waals surface area (Å²) in [4.78, 5) is 27.8. The summed E-state index contributed by atoms with van der Waals surface area (Å²) >= 11 is 6.21. The molecule has 0 aromatic heterocycles. The number of hydrogen-bond donors (Lipinski definition) is 1. The Kier molecular flexibility index (Phi) is 10.3. The van der Waals surface area contributed by atoms with E-state index in [-0.39, 0.29) is 33.5 Å². The molecule has 8 nitrogen and oxygen atoms in total. The molecule has 0 radical (unpaired) electrons. The van der Waals surface area contributed by atoms with Gasteiger partial charge in [-0.25, -0.2) is 12.8 Å². The molecule has 0 aliphatic heterocycles. The van der Waals surface area contributed by atoms with Gasteiger partial charge in [-0.3, -0.25) is 13.9 Å². The van der Waals surface area contributed by atoms with Crippen molar-refractivity contribution in [3.05, 3.63) is 89.2 Å². The molecule has 0 spiro atoms. The van der Waals surface area contributed by atoms with Gasteiger partial charge < -0.3 is 15.0 Å². The molecule has 1 atom stereocenters. The SMILES string of the molecule is CCCNC(=O)[C@@H](C)N(Cc1ccccc1F)C(=O)CN(c1cc(Cl)ccc1OC)S(=O)(=O)c1ccccc1. The number of halogens is 2. The van der Waals surface area contributed by atoms with E-state index in [1.165, 1.54) is 62.6 Å². The molecule has 39 heavy (non-hydrogen) atoms. The van der Waals surface area contributed by atoms with E-state index < -0.39 is 40.2 Å². The first-order chi connectivity index (χ1) is 18.6. The Morgan fingerprint density at radius 1 is 1.05 bits per heavy atom. The third-order valence-electron chi connectivity index (χ3n) is 6.03. The maximum Gasteiger partial charge on any atom is 0.264 e. The van der Waals surface area contributed by atoms with Crippen molar-refractivity contribution < 1.29 is 27.1 Å². The predicted molar refractivity (Wildman–Crippen MR) is 149 cm³/mol. The van der Waals surface area contributed by atoms with Crippen LogP contribution in [0.25, 0.3) is 0 Å². The van der Waals surface area contributed by atoms with Crippen molar-refractivity contribution in [1.82, 2.24) is 10.2 Å². The molecule has 0 saturated carbocycles. The summed E-state index contributed by atoms with van der Waals surface area (Å²) in [7, 11) is -2.93. The van der Waals surface area contributed by atoms with E-state index in [1.54, 1.807) is 24.3 Å². The lowest BCUT2D eigenvalue weighted by Crippen LogP contribution is -2.51. The van der Waals surface area contributed by atoms with Crippen molar-refractivity contribution in [2.24, 2.45) is 0 Å². The van der Waals surface area contributed by atoms with Crippen molar-refractivity contribution in [3.8, 4) is 5.75 Å². The van der Waals surface area contributed by atoms with Gasteiger partial charge in [0.2, 0.25) is 11.8 Å². The highest BCUT2D eigenvalue weighted by Crippen LogP contribution is 2.35. The second kappa shape index (κ2) is 13.4. The number of amides is 2. The molecule has 1 N–H and O–H groups in total. The first-order valence-corrected chi connectivity index (χ1v) is 14.1. The summed E-state index contributed by atoms with van der Waals surface area (Å²) in [6.07, 6.45) is 0.678. The molecule has 0 aliphatic rings. The second-order valence-electron chi connectivity index (χ2n) is 8.72. The molecule has 0 heterocycles. The van der Waals surface area contributed by atoms with Crippen LogP contribution in [0.2, 0.25) is 5.02 Å². The summed E-state index contributed by atoms with van der Waals surface area (Å²) in [5.74, 6) is -1.55. The molecule has 0 bridgehead atoms. The molecule has 0 saturated heterocycles. The van der Waals surface area contributed by atoms with Crippen LogP contribution in [0.1, 0.15) is 25.8 Å². The molecular formula is C28H31ClFN3O5S. The fourth-order valence-corrected chi connectivity index (χ4v) is 5.48. The van der Waals surface area contributed by atoms with Gasteiger partial charge in [-0.15, -0.1) is 0 Å². The number of benzene rings is 3. The number of anilines is 1. The zero-order valence-corrected chi connectivity index (χ0v) is 23.5. The summed E-state index contributed by atoms with van der Waals surface area (Å²) in [6.45, 7) is 2.84. The fraction of sp³-hybridized carbons (Fsp3) is 0.286. The van der Waals surface area contributed by atoms with Gasteiger partial charge in [-0.2, -0.15) is 0 Å². The van der Waals surface area contributed by atoms with Gasteiger partial charge in [0.1, 0.15) is 24.2 Å². The maximum absolute atomic E-state index is 14.6. The monoisotopic (exact) mass is 575 g/mol. The minimum atomic E-state index is -4.30. The van der Waals surface area contributed by atoms with Crippen molar-refractivity contribution in [2.45, 2.75) is 37.8 Å². The molecule has 0 fully saturated rings. The molecular weight excluding hydrogens is 545 g/mol. The molecule has 0 unspecified atom stereocenters. The third kappa shape index (κ3) is 7.27. The van der Waals surface area contributed by atoms with Crippen LogP contribution in [-0.2, 0) is 26.2 Å². The highest BCUT2D eigenvalue weighted by atomic mass is 35.5. The van der Waals surface area contributed by atoms with Crippen molar-refractivity contribution in [2.75, 3.05) is 24.5 Å². The lowest BCUT2D eigenvalue weighted by Gasteiger charge is -2.32. The number of hydrogen-bond acceptors (Lipinski definition) is 5. The Balaban J connectivity index is 2.09. The average molecular weight is 576 g/mol. The summed E-state index contributed by atoms with van der Waals surface area (Å²) in [5, 5.41) is 2.96. The minimum absolute atomic E-state index is 0.0381. The van der Waals surface area contributed by atoms with Crippen molar-refractivity contribution in [3.63, 3.8) is 0 Å². The standard InChI is InChI=1S/C28H31ClFN3O5S/c1-4-16-31-28(35)20(2)32(18-21-10-8-9-13-24(21)30)27(34)19-33(25-17-22(29)14-15-26(25)38-3)39(36,37)23-11-6-5-7-12-23/h5-15,17,20H,4,16,18-19H2,1-3H3,(H,31,35)/t20-/m1/s1. The van der Waals surface area contributed by atoms with Crippen LogP contribution < -0.4 is 14.4 Å². The molecule has 3 aromatic rings. The zero-order chi connectivity index (χ0) is 28.6. The Labute approximate surface area is 233 Å². The molecule has 3 aromatic carbocycles. The first-order valence-electron chi connectivity index (χ1n) is 12.3. The summed E-state index contributed by atoms with van der Waals surface area (Å²) < 4.78 is 48.6. The van der Waals surface area contributed by atoms with E-state index >= 15 is 0 Å². The Bertz CT molecular complexity index is 1410. The molecule has 2 amide bonds. The van der Waals surface area contributed by atoms with Crippen LogP contribution in [0, 0.1) is 5.82 Å². The largest absolute Gasteiger partial charge is 0.495 e. The van der Waals surface area contributed by atoms with Gasteiger partial charge in [0.15, 0.2) is 0 Å². The lowest BCUT2D eigenvalue weighted by atomic mass is 10.1. The molecule has 11 heteroatoms. The number of sulfonamides is 1. The molecule has 0 aliphatic carbocycles. The number of ether oxygens (including phenoxy) is 1. The van der Waals surface area contributed by atoms with E-state index in [0.717, 1.165) is 9.21 Å². The van der Waals surface area contributed by atoms with Gasteiger partial charge in [-0.1, -0.05) is 54.9 Å². The quantitative estimate of drug-likeness (QED) is 0.340. The summed E-state index contributed by atoms with van der Waals surface area (Å²) in [6, 6.07) is 16.9. The van der Waals surface area contributed by atoms with Gasteiger partial charge in [-0.05, 0) is 49.7 Å². The predicted octanol–water partition coefficient (Wildman–Crippen LogP) is 4.63. The number of nitrogens with one attached hydrogen (secondary N) is 1. The van der Waals surface area contributed by atoms with Crippen molar-refractivity contribution >= 4 is 39.1 Å². The number of nitrogens with zero attached hydrogens (tertiary/aromatic N) is 2. The van der Waals surface area contributed by atoms with Crippen LogP contribution in [0.5, 0.6) is 5.75 Å². The van der Waals surface area contributed by atoms with Crippen LogP contribution in [0.4, 0.5) is 10.1 Å². The highest BCUT2D eigenvalue weighted by Gasteiger charge is 2.34. The summed E-state index contributed by atoms with van der Waals surface area (Å²) in [5.41, 5.74) is 0.218. The van der Waals surface area contributed by atoms with Gasteiger partial charge in [0.05, 0.1) is 17.7 Å². The van der Waals surface area contributed by atoms with Gasteiger partial charge in [0, 0.05) is 23.7 Å². The van der Waals surface area contributed by atoms with E-state index in [2.05, 4.69) is 5.32 Å². The van der Waals surface area contributed by atoms with Crippen LogP contribution in [0.15, 0.2) is 77.7 Å². The highest BCUT2D eigenvalue weighted by molar-refractivity contribution is 7.92. The lowest BCUT2D eigenvalue weighted by molar-refractivity contribution is -0.139. The number of carbonyl (C=O) groups excluding carboxylic acids is 2. The van der Waals surface area contributed by atoms with Crippen LogP contribution in [-0.4, -0.2) is 51.4 Å². The maximum atomic E-state index is 14.6. The average Bonchev–Trinajstić information content (AvgIpc) is 2.94. The van der Waals surface area contributed by atoms with Gasteiger partial charge in [0.25, 0.3) is 10.0 Å². The molecule has 3 rings (SSSR count). The second-order valence-corrected chi connectivity index (χ2v) is 11.0. The van der Waals surface area contributed by atoms with Gasteiger partial charge >= 0.3 is 0 Å². The number of rotatable bonds is 12. The number of methoxy groups -OCH3 is 1. The molecule has 208 valence electrons. The third-order valence-corrected chi connectivity index (χ3v) is 8.04. The van der Waals surface area contributed by atoms with E-state index in [0.29, 0.717) is 13.0 Å². The van der Waals surface area contributed by atoms with Crippen molar-refractivity contribution in [1.29, 1.82) is 0 Å². The Morgan fingerprint density at radius 3 is 2.36 bits per heavy atom. The Morgan fingerprint density at radius 2 is 1.72 bits per heavy atom. The number of carbonyl (C=O) groups is 2. The van der Waals surface area contributed by atoms with E-state index in [1.807, 2.05) is 6.92 Å². The Hall–Kier alpha value is -3.63. The fourth-order valence-electron chi connectivity index (χ4n) is 3.88. The zero-order valence-electron chi connectivity index (χ0n) is 21.9. The van der Waals surface area contributed by atoms with Crippen LogP contribution in [0.3, 0.4) is 0 Å². The minimum Gasteiger partial charge on any atom is -0.495 e. The normalized spacial score (nSPS) is 11.9. The topological polar surface area (TPSA) is 96.0 Å². The first kappa shape index (κ1) is 29.9. The van der Waals surface area contributed by atoms with E-state index in [9.17, 15) is 22.4 Å². The van der Waals surface area contributed by atoms with Crippen LogP contribution >= 0.6 is 11.6 Å². The smallest absolute Gasteiger partial charge is 0.264 e. The van der Waals surface area contributed by atoms with E-state index in [4.69, 9.17) is 16.3 Å².